The van der Waals surface area contributed by atoms with E-state index < -0.39 is 5.97 Å². The van der Waals surface area contributed by atoms with Crippen LogP contribution in [-0.2, 0) is 17.6 Å². The Kier molecular flexibility index (Phi) is 2.59. The van der Waals surface area contributed by atoms with Crippen molar-refractivity contribution in [2.45, 2.75) is 19.3 Å². The quantitative estimate of drug-likeness (QED) is 0.867. The molecular weight excluding hydrogens is 230 g/mol. The van der Waals surface area contributed by atoms with Gasteiger partial charge in [0.25, 0.3) is 0 Å². The zero-order chi connectivity index (χ0) is 12.5. The molecule has 0 aromatic carbocycles. The van der Waals surface area contributed by atoms with E-state index in [-0.39, 0.29) is 5.92 Å². The van der Waals surface area contributed by atoms with Gasteiger partial charge in [0, 0.05) is 11.9 Å². The standard InChI is InChI=1S/C13H13N3O2/c17-13(18)9-4-5-11-10(7-9)8-15-16(11)12-3-1-2-6-14-12/h1-3,6,8-9H,4-5,7H2,(H,17,18)/t9-/m1/s1. The van der Waals surface area contributed by atoms with Crippen LogP contribution >= 0.6 is 0 Å². The fourth-order valence-electron chi connectivity index (χ4n) is 2.41. The molecule has 2 aromatic heterocycles. The number of fused-ring (bicyclic) bond motifs is 1. The van der Waals surface area contributed by atoms with Crippen molar-refractivity contribution in [1.82, 2.24) is 14.8 Å². The summed E-state index contributed by atoms with van der Waals surface area (Å²) in [4.78, 5) is 15.3. The number of rotatable bonds is 2. The number of pyridine rings is 1. The molecule has 0 amide bonds. The minimum Gasteiger partial charge on any atom is -0.481 e. The Labute approximate surface area is 104 Å². The molecule has 1 atom stereocenters. The molecule has 0 aliphatic heterocycles. The molecule has 0 radical (unpaired) electrons. The topological polar surface area (TPSA) is 68.0 Å². The first kappa shape index (κ1) is 11.0. The fourth-order valence-corrected chi connectivity index (χ4v) is 2.41. The van der Waals surface area contributed by atoms with Crippen molar-refractivity contribution in [2.75, 3.05) is 0 Å². The van der Waals surface area contributed by atoms with E-state index in [2.05, 4.69) is 10.1 Å². The molecule has 1 aliphatic rings. The van der Waals surface area contributed by atoms with Gasteiger partial charge in [-0.3, -0.25) is 4.79 Å². The van der Waals surface area contributed by atoms with Crippen LogP contribution in [-0.4, -0.2) is 25.8 Å². The maximum Gasteiger partial charge on any atom is 0.306 e. The Bertz CT molecular complexity index is 577. The zero-order valence-electron chi connectivity index (χ0n) is 9.78. The van der Waals surface area contributed by atoms with Gasteiger partial charge >= 0.3 is 5.97 Å². The Balaban J connectivity index is 1.96. The summed E-state index contributed by atoms with van der Waals surface area (Å²) in [5.41, 5.74) is 2.12. The van der Waals surface area contributed by atoms with Crippen molar-refractivity contribution in [2.24, 2.45) is 5.92 Å². The third kappa shape index (κ3) is 1.77. The van der Waals surface area contributed by atoms with Crippen molar-refractivity contribution in [3.05, 3.63) is 41.9 Å². The number of aliphatic carboxylic acids is 1. The number of hydrogen-bond acceptors (Lipinski definition) is 3. The molecule has 1 N–H and O–H groups in total. The van der Waals surface area contributed by atoms with Gasteiger partial charge in [0.2, 0.25) is 0 Å². The van der Waals surface area contributed by atoms with Gasteiger partial charge in [0.15, 0.2) is 5.82 Å². The van der Waals surface area contributed by atoms with Gasteiger partial charge in [-0.2, -0.15) is 5.10 Å². The predicted octanol–water partition coefficient (Wildman–Crippen LogP) is 1.46. The Morgan fingerprint density at radius 2 is 2.33 bits per heavy atom. The molecule has 0 fully saturated rings. The van der Waals surface area contributed by atoms with Crippen LogP contribution in [0.2, 0.25) is 0 Å². The summed E-state index contributed by atoms with van der Waals surface area (Å²) < 4.78 is 1.81. The Morgan fingerprint density at radius 1 is 1.44 bits per heavy atom. The van der Waals surface area contributed by atoms with Crippen LogP contribution in [0.4, 0.5) is 0 Å². The van der Waals surface area contributed by atoms with Gasteiger partial charge in [-0.1, -0.05) is 6.07 Å². The van der Waals surface area contributed by atoms with Crippen LogP contribution in [0.5, 0.6) is 0 Å². The molecule has 0 saturated heterocycles. The normalized spacial score (nSPS) is 18.3. The number of nitrogens with zero attached hydrogens (tertiary/aromatic N) is 3. The van der Waals surface area contributed by atoms with E-state index in [9.17, 15) is 4.79 Å². The lowest BCUT2D eigenvalue weighted by Crippen LogP contribution is -2.22. The van der Waals surface area contributed by atoms with E-state index in [0.717, 1.165) is 23.5 Å². The highest BCUT2D eigenvalue weighted by Gasteiger charge is 2.27. The monoisotopic (exact) mass is 243 g/mol. The Hall–Kier alpha value is -2.17. The summed E-state index contributed by atoms with van der Waals surface area (Å²) >= 11 is 0. The zero-order valence-corrected chi connectivity index (χ0v) is 9.78. The second kappa shape index (κ2) is 4.25. The minimum atomic E-state index is -0.716. The first-order chi connectivity index (χ1) is 8.75. The number of carbonyl (C=O) groups is 1. The van der Waals surface area contributed by atoms with E-state index in [0.29, 0.717) is 12.8 Å². The maximum absolute atomic E-state index is 11.0. The molecule has 0 saturated carbocycles. The molecule has 5 heteroatoms. The number of carboxylic acid groups (broad SMARTS) is 1. The van der Waals surface area contributed by atoms with Gasteiger partial charge in [-0.15, -0.1) is 0 Å². The van der Waals surface area contributed by atoms with E-state index in [1.807, 2.05) is 22.9 Å². The minimum absolute atomic E-state index is 0.279. The SMILES string of the molecule is O=C(O)[C@@H]1CCc2c(cnn2-c2ccccn2)C1. The fraction of sp³-hybridized carbons (Fsp3) is 0.308. The number of aromatic nitrogens is 3. The summed E-state index contributed by atoms with van der Waals surface area (Å²) in [6, 6.07) is 5.68. The van der Waals surface area contributed by atoms with Crippen molar-refractivity contribution >= 4 is 5.97 Å². The molecule has 92 valence electrons. The van der Waals surface area contributed by atoms with Gasteiger partial charge in [-0.25, -0.2) is 9.67 Å². The molecular formula is C13H13N3O2. The maximum atomic E-state index is 11.0. The number of hydrogen-bond donors (Lipinski definition) is 1. The summed E-state index contributed by atoms with van der Waals surface area (Å²) in [5, 5.41) is 13.4. The van der Waals surface area contributed by atoms with Crippen LogP contribution < -0.4 is 0 Å². The molecule has 0 unspecified atom stereocenters. The van der Waals surface area contributed by atoms with Gasteiger partial charge < -0.3 is 5.11 Å². The van der Waals surface area contributed by atoms with Crippen LogP contribution in [0.3, 0.4) is 0 Å². The summed E-state index contributed by atoms with van der Waals surface area (Å²) in [5.74, 6) is -0.211. The lowest BCUT2D eigenvalue weighted by molar-refractivity contribution is -0.142. The summed E-state index contributed by atoms with van der Waals surface area (Å²) in [6.07, 6.45) is 5.46. The van der Waals surface area contributed by atoms with Crippen LogP contribution in [0.25, 0.3) is 5.82 Å². The van der Waals surface area contributed by atoms with Gasteiger partial charge in [0.1, 0.15) is 0 Å². The number of carboxylic acids is 1. The lowest BCUT2D eigenvalue weighted by atomic mass is 9.88. The molecule has 2 heterocycles. The first-order valence-corrected chi connectivity index (χ1v) is 5.95. The average Bonchev–Trinajstić information content (AvgIpc) is 2.82. The van der Waals surface area contributed by atoms with E-state index in [4.69, 9.17) is 5.11 Å². The highest BCUT2D eigenvalue weighted by molar-refractivity contribution is 5.70. The highest BCUT2D eigenvalue weighted by Crippen LogP contribution is 2.26. The Morgan fingerprint density at radius 3 is 3.06 bits per heavy atom. The van der Waals surface area contributed by atoms with Gasteiger partial charge in [-0.05, 0) is 37.0 Å². The summed E-state index contributed by atoms with van der Waals surface area (Å²) in [6.45, 7) is 0. The second-order valence-electron chi connectivity index (χ2n) is 4.49. The van der Waals surface area contributed by atoms with Gasteiger partial charge in [0.05, 0.1) is 12.1 Å². The summed E-state index contributed by atoms with van der Waals surface area (Å²) in [7, 11) is 0. The molecule has 18 heavy (non-hydrogen) atoms. The van der Waals surface area contributed by atoms with Crippen LogP contribution in [0.1, 0.15) is 17.7 Å². The smallest absolute Gasteiger partial charge is 0.306 e. The van der Waals surface area contributed by atoms with E-state index >= 15 is 0 Å². The van der Waals surface area contributed by atoms with E-state index in [1.54, 1.807) is 12.4 Å². The van der Waals surface area contributed by atoms with Crippen molar-refractivity contribution in [3.8, 4) is 5.82 Å². The molecule has 0 bridgehead atoms. The second-order valence-corrected chi connectivity index (χ2v) is 4.49. The van der Waals surface area contributed by atoms with Crippen molar-refractivity contribution in [3.63, 3.8) is 0 Å². The van der Waals surface area contributed by atoms with Crippen molar-refractivity contribution in [1.29, 1.82) is 0 Å². The third-order valence-electron chi connectivity index (χ3n) is 3.37. The first-order valence-electron chi connectivity index (χ1n) is 5.95. The average molecular weight is 243 g/mol. The third-order valence-corrected chi connectivity index (χ3v) is 3.37. The van der Waals surface area contributed by atoms with Crippen LogP contribution in [0, 0.1) is 5.92 Å². The molecule has 3 rings (SSSR count). The molecule has 0 spiro atoms. The largest absolute Gasteiger partial charge is 0.481 e. The molecule has 1 aliphatic carbocycles. The highest BCUT2D eigenvalue weighted by atomic mass is 16.4. The predicted molar refractivity (Wildman–Crippen MR) is 64.5 cm³/mol. The van der Waals surface area contributed by atoms with Crippen molar-refractivity contribution < 1.29 is 9.90 Å². The molecule has 2 aromatic rings. The lowest BCUT2D eigenvalue weighted by Gasteiger charge is -2.19. The van der Waals surface area contributed by atoms with Crippen LogP contribution in [0.15, 0.2) is 30.6 Å². The molecule has 5 nitrogen and oxygen atoms in total. The van der Waals surface area contributed by atoms with E-state index in [1.165, 1.54) is 0 Å².